The fraction of sp³-hybridized carbons (Fsp3) is 1.00. The van der Waals surface area contributed by atoms with Crippen molar-refractivity contribution in [3.05, 3.63) is 0 Å². The molecule has 0 aromatic carbocycles. The number of aliphatic hydroxyl groups excluding tert-OH is 1. The minimum Gasteiger partial charge on any atom is -0.391 e. The molecule has 110 valence electrons. The molecule has 0 heterocycles. The molecule has 0 aliphatic rings. The summed E-state index contributed by atoms with van der Waals surface area (Å²) in [6.07, 6.45) is 11.4. The van der Waals surface area contributed by atoms with Gasteiger partial charge in [0.25, 0.3) is 0 Å². The van der Waals surface area contributed by atoms with Gasteiger partial charge in [0, 0.05) is 7.11 Å². The molecule has 1 unspecified atom stereocenters. The van der Waals surface area contributed by atoms with Crippen LogP contribution in [0.4, 0.5) is 0 Å². The first-order valence-electron chi connectivity index (χ1n) is 7.69. The maximum Gasteiger partial charge on any atom is 0.0785 e. The second-order valence-electron chi connectivity index (χ2n) is 5.12. The first-order valence-corrected chi connectivity index (χ1v) is 7.69. The van der Waals surface area contributed by atoms with Gasteiger partial charge in [-0.15, -0.1) is 0 Å². The van der Waals surface area contributed by atoms with Crippen molar-refractivity contribution in [3.63, 3.8) is 0 Å². The van der Waals surface area contributed by atoms with Gasteiger partial charge in [0.05, 0.1) is 12.7 Å². The van der Waals surface area contributed by atoms with Crippen molar-refractivity contribution in [1.82, 2.24) is 5.32 Å². The van der Waals surface area contributed by atoms with Gasteiger partial charge in [-0.05, 0) is 25.9 Å². The summed E-state index contributed by atoms with van der Waals surface area (Å²) in [7, 11) is 1.62. The van der Waals surface area contributed by atoms with Gasteiger partial charge in [0.1, 0.15) is 0 Å². The SMILES string of the molecule is CCCCCCCCCCNCCC(O)COC. The Morgan fingerprint density at radius 1 is 0.944 bits per heavy atom. The molecular weight excluding hydrogens is 226 g/mol. The van der Waals surface area contributed by atoms with Crippen LogP contribution in [0.2, 0.25) is 0 Å². The van der Waals surface area contributed by atoms with Crippen molar-refractivity contribution >= 4 is 0 Å². The molecule has 0 radical (unpaired) electrons. The summed E-state index contributed by atoms with van der Waals surface area (Å²) in [6.45, 7) is 4.67. The third kappa shape index (κ3) is 13.9. The highest BCUT2D eigenvalue weighted by atomic mass is 16.5. The standard InChI is InChI=1S/C15H33NO2/c1-3-4-5-6-7-8-9-10-12-16-13-11-15(17)14-18-2/h15-17H,3-14H2,1-2H3. The van der Waals surface area contributed by atoms with Gasteiger partial charge in [-0.1, -0.05) is 51.9 Å². The minimum absolute atomic E-state index is 0.318. The van der Waals surface area contributed by atoms with E-state index in [0.29, 0.717) is 6.61 Å². The molecule has 0 saturated carbocycles. The minimum atomic E-state index is -0.318. The predicted molar refractivity (Wildman–Crippen MR) is 78.0 cm³/mol. The first kappa shape index (κ1) is 17.9. The van der Waals surface area contributed by atoms with Crippen LogP contribution < -0.4 is 5.32 Å². The average molecular weight is 259 g/mol. The summed E-state index contributed by atoms with van der Waals surface area (Å²) in [4.78, 5) is 0. The number of ether oxygens (including phenoxy) is 1. The molecular formula is C15H33NO2. The van der Waals surface area contributed by atoms with Crippen LogP contribution in [-0.2, 0) is 4.74 Å². The summed E-state index contributed by atoms with van der Waals surface area (Å²) in [5.74, 6) is 0. The molecule has 18 heavy (non-hydrogen) atoms. The number of methoxy groups -OCH3 is 1. The van der Waals surface area contributed by atoms with Crippen molar-refractivity contribution in [2.45, 2.75) is 70.8 Å². The van der Waals surface area contributed by atoms with Crippen LogP contribution in [0.25, 0.3) is 0 Å². The summed E-state index contributed by atoms with van der Waals surface area (Å²) in [5.41, 5.74) is 0. The van der Waals surface area contributed by atoms with Crippen LogP contribution >= 0.6 is 0 Å². The van der Waals surface area contributed by atoms with Crippen LogP contribution in [0.15, 0.2) is 0 Å². The van der Waals surface area contributed by atoms with Gasteiger partial charge in [0.2, 0.25) is 0 Å². The Kier molecular flexibility index (Phi) is 14.8. The Morgan fingerprint density at radius 3 is 2.17 bits per heavy atom. The summed E-state index contributed by atoms with van der Waals surface area (Å²) < 4.78 is 4.88. The third-order valence-corrected chi connectivity index (χ3v) is 3.22. The Balaban J connectivity index is 2.98. The summed E-state index contributed by atoms with van der Waals surface area (Å²) in [6, 6.07) is 0. The molecule has 3 nitrogen and oxygen atoms in total. The fourth-order valence-corrected chi connectivity index (χ4v) is 2.05. The maximum atomic E-state index is 9.43. The highest BCUT2D eigenvalue weighted by molar-refractivity contribution is 4.57. The van der Waals surface area contributed by atoms with Gasteiger partial charge in [-0.25, -0.2) is 0 Å². The zero-order chi connectivity index (χ0) is 13.5. The molecule has 3 heteroatoms. The van der Waals surface area contributed by atoms with Crippen LogP contribution in [0.1, 0.15) is 64.7 Å². The van der Waals surface area contributed by atoms with E-state index >= 15 is 0 Å². The van der Waals surface area contributed by atoms with E-state index in [2.05, 4.69) is 12.2 Å². The van der Waals surface area contributed by atoms with Crippen molar-refractivity contribution in [2.24, 2.45) is 0 Å². The molecule has 0 aliphatic heterocycles. The lowest BCUT2D eigenvalue weighted by Crippen LogP contribution is -2.23. The zero-order valence-corrected chi connectivity index (χ0v) is 12.4. The quantitative estimate of drug-likeness (QED) is 0.471. The lowest BCUT2D eigenvalue weighted by molar-refractivity contribution is 0.0595. The predicted octanol–water partition coefficient (Wildman–Crippen LogP) is 3.11. The average Bonchev–Trinajstić information content (AvgIpc) is 2.36. The molecule has 0 aliphatic carbocycles. The van der Waals surface area contributed by atoms with Gasteiger partial charge in [0.15, 0.2) is 0 Å². The molecule has 0 bridgehead atoms. The Labute approximate surface area is 113 Å². The number of aliphatic hydroxyl groups is 1. The normalized spacial score (nSPS) is 12.8. The van der Waals surface area contributed by atoms with Crippen molar-refractivity contribution < 1.29 is 9.84 Å². The zero-order valence-electron chi connectivity index (χ0n) is 12.4. The van der Waals surface area contributed by atoms with Crippen LogP contribution in [0.3, 0.4) is 0 Å². The summed E-state index contributed by atoms with van der Waals surface area (Å²) >= 11 is 0. The second kappa shape index (κ2) is 14.9. The van der Waals surface area contributed by atoms with Crippen LogP contribution in [0.5, 0.6) is 0 Å². The van der Waals surface area contributed by atoms with Gasteiger partial charge >= 0.3 is 0 Å². The van der Waals surface area contributed by atoms with E-state index in [1.54, 1.807) is 7.11 Å². The summed E-state index contributed by atoms with van der Waals surface area (Å²) in [5, 5.41) is 12.8. The molecule has 0 spiro atoms. The Hall–Kier alpha value is -0.120. The van der Waals surface area contributed by atoms with E-state index < -0.39 is 0 Å². The fourth-order valence-electron chi connectivity index (χ4n) is 2.05. The Morgan fingerprint density at radius 2 is 1.56 bits per heavy atom. The molecule has 2 N–H and O–H groups in total. The van der Waals surface area contributed by atoms with Gasteiger partial charge in [-0.2, -0.15) is 0 Å². The molecule has 0 fully saturated rings. The lowest BCUT2D eigenvalue weighted by atomic mass is 10.1. The highest BCUT2D eigenvalue weighted by Gasteiger charge is 2.01. The molecule has 0 saturated heterocycles. The van der Waals surface area contributed by atoms with Gasteiger partial charge in [-0.3, -0.25) is 0 Å². The van der Waals surface area contributed by atoms with E-state index in [1.165, 1.54) is 51.4 Å². The number of hydrogen-bond donors (Lipinski definition) is 2. The number of rotatable bonds is 14. The van der Waals surface area contributed by atoms with E-state index in [0.717, 1.165) is 19.5 Å². The third-order valence-electron chi connectivity index (χ3n) is 3.22. The lowest BCUT2D eigenvalue weighted by Gasteiger charge is -2.09. The molecule has 0 aromatic rings. The van der Waals surface area contributed by atoms with E-state index in [4.69, 9.17) is 4.74 Å². The monoisotopic (exact) mass is 259 g/mol. The molecule has 0 aromatic heterocycles. The van der Waals surface area contributed by atoms with Crippen molar-refractivity contribution in [1.29, 1.82) is 0 Å². The largest absolute Gasteiger partial charge is 0.391 e. The maximum absolute atomic E-state index is 9.43. The topological polar surface area (TPSA) is 41.5 Å². The molecule has 0 rings (SSSR count). The van der Waals surface area contributed by atoms with Crippen molar-refractivity contribution in [2.75, 3.05) is 26.8 Å². The Bertz CT molecular complexity index is 153. The van der Waals surface area contributed by atoms with Crippen LogP contribution in [-0.4, -0.2) is 38.0 Å². The highest BCUT2D eigenvalue weighted by Crippen LogP contribution is 2.07. The molecule has 1 atom stereocenters. The first-order chi connectivity index (χ1) is 8.81. The number of unbranched alkanes of at least 4 members (excludes halogenated alkanes) is 7. The molecule has 0 amide bonds. The smallest absolute Gasteiger partial charge is 0.0785 e. The number of nitrogens with one attached hydrogen (secondary N) is 1. The van der Waals surface area contributed by atoms with Crippen LogP contribution in [0, 0.1) is 0 Å². The van der Waals surface area contributed by atoms with Gasteiger partial charge < -0.3 is 15.2 Å². The van der Waals surface area contributed by atoms with E-state index in [1.807, 2.05) is 0 Å². The van der Waals surface area contributed by atoms with Crippen molar-refractivity contribution in [3.8, 4) is 0 Å². The second-order valence-corrected chi connectivity index (χ2v) is 5.12. The number of hydrogen-bond acceptors (Lipinski definition) is 3. The van der Waals surface area contributed by atoms with E-state index in [-0.39, 0.29) is 6.10 Å². The van der Waals surface area contributed by atoms with E-state index in [9.17, 15) is 5.11 Å².